The Labute approximate surface area is 154 Å². The zero-order valence-corrected chi connectivity index (χ0v) is 16.0. The zero-order valence-electron chi connectivity index (χ0n) is 15.2. The molecule has 0 aromatic heterocycles. The number of hydrogen-bond acceptors (Lipinski definition) is 4. The van der Waals surface area contributed by atoms with Crippen LogP contribution in [0.5, 0.6) is 0 Å². The summed E-state index contributed by atoms with van der Waals surface area (Å²) in [5, 5.41) is 2.88. The first kappa shape index (κ1) is 17.8. The third-order valence-electron chi connectivity index (χ3n) is 5.62. The molecule has 1 aliphatic heterocycles. The summed E-state index contributed by atoms with van der Waals surface area (Å²) in [6.45, 7) is 1.60. The molecule has 0 atom stereocenters. The molecule has 1 fully saturated rings. The fraction of sp³-hybridized carbons (Fsp3) is 0.611. The van der Waals surface area contributed by atoms with Crippen molar-refractivity contribution in [1.29, 1.82) is 0 Å². The normalized spacial score (nSPS) is 20.7. The molecular weight excluding hydrogens is 352 g/mol. The summed E-state index contributed by atoms with van der Waals surface area (Å²) < 4.78 is 28.6. The Kier molecular flexibility index (Phi) is 4.66. The van der Waals surface area contributed by atoms with Crippen molar-refractivity contribution in [3.05, 3.63) is 28.3 Å². The molecular formula is C18H26N4O3S. The van der Waals surface area contributed by atoms with E-state index in [0.717, 1.165) is 57.2 Å². The third-order valence-corrected chi connectivity index (χ3v) is 7.04. The number of carbonyl (C=O) groups is 1. The van der Waals surface area contributed by atoms with Gasteiger partial charge in [0, 0.05) is 18.8 Å². The highest BCUT2D eigenvalue weighted by molar-refractivity contribution is 7.87. The number of fused-ring (bicyclic) bond motifs is 2. The topological polar surface area (TPSA) is 81.8 Å². The molecule has 0 spiro atoms. The minimum Gasteiger partial charge on any atom is -0.307 e. The van der Waals surface area contributed by atoms with Gasteiger partial charge in [0.2, 0.25) is 0 Å². The average molecular weight is 378 g/mol. The van der Waals surface area contributed by atoms with E-state index in [1.165, 1.54) is 26.6 Å². The van der Waals surface area contributed by atoms with Crippen LogP contribution in [-0.2, 0) is 35.9 Å². The van der Waals surface area contributed by atoms with Gasteiger partial charge in [-0.1, -0.05) is 6.07 Å². The Morgan fingerprint density at radius 1 is 1.00 bits per heavy atom. The van der Waals surface area contributed by atoms with Crippen molar-refractivity contribution in [3.63, 3.8) is 0 Å². The highest BCUT2D eigenvalue weighted by Crippen LogP contribution is 2.38. The monoisotopic (exact) mass is 378 g/mol. The number of nitrogens with one attached hydrogen (secondary N) is 2. The van der Waals surface area contributed by atoms with E-state index in [1.54, 1.807) is 0 Å². The standard InChI is InChI=1S/C18H26N4O3S/c1-21-9-4-10-22(12-21)26(24,25)20-18(23)19-17-15-7-2-5-13(15)11-14-6-3-8-16(14)17/h11H,2-10,12H2,1H3,(H2,19,20,23). The number of nitrogens with zero attached hydrogens (tertiary/aromatic N) is 2. The lowest BCUT2D eigenvalue weighted by atomic mass is 9.99. The predicted molar refractivity (Wildman–Crippen MR) is 100 cm³/mol. The van der Waals surface area contributed by atoms with Crippen LogP contribution >= 0.6 is 0 Å². The molecule has 2 aliphatic carbocycles. The molecule has 2 N–H and O–H groups in total. The summed E-state index contributed by atoms with van der Waals surface area (Å²) in [4.78, 5) is 14.4. The van der Waals surface area contributed by atoms with Crippen molar-refractivity contribution in [2.75, 3.05) is 32.1 Å². The number of rotatable bonds is 3. The minimum absolute atomic E-state index is 0.304. The molecule has 7 nitrogen and oxygen atoms in total. The number of hydrogen-bond donors (Lipinski definition) is 2. The lowest BCUT2D eigenvalue weighted by Gasteiger charge is -2.32. The first-order chi connectivity index (χ1) is 12.4. The van der Waals surface area contributed by atoms with Crippen LogP contribution < -0.4 is 10.0 Å². The maximum atomic E-state index is 12.5. The van der Waals surface area contributed by atoms with Crippen LogP contribution in [0.4, 0.5) is 10.5 Å². The van der Waals surface area contributed by atoms with Crippen molar-refractivity contribution < 1.29 is 13.2 Å². The Balaban J connectivity index is 1.52. The molecule has 0 bridgehead atoms. The molecule has 1 aromatic rings. The molecule has 0 saturated carbocycles. The van der Waals surface area contributed by atoms with E-state index >= 15 is 0 Å². The molecule has 26 heavy (non-hydrogen) atoms. The summed E-state index contributed by atoms with van der Waals surface area (Å²) in [6.07, 6.45) is 6.91. The Bertz CT molecular complexity index is 805. The molecule has 1 aromatic carbocycles. The van der Waals surface area contributed by atoms with Crippen molar-refractivity contribution in [1.82, 2.24) is 13.9 Å². The number of amides is 2. The predicted octanol–water partition coefficient (Wildman–Crippen LogP) is 1.63. The second-order valence-corrected chi connectivity index (χ2v) is 9.22. The summed E-state index contributed by atoms with van der Waals surface area (Å²) in [6, 6.07) is 1.63. The summed E-state index contributed by atoms with van der Waals surface area (Å²) in [5.41, 5.74) is 5.85. The fourth-order valence-electron chi connectivity index (χ4n) is 4.41. The van der Waals surface area contributed by atoms with Gasteiger partial charge in [0.15, 0.2) is 0 Å². The van der Waals surface area contributed by atoms with E-state index in [9.17, 15) is 13.2 Å². The zero-order chi connectivity index (χ0) is 18.3. The van der Waals surface area contributed by atoms with E-state index in [2.05, 4.69) is 16.1 Å². The van der Waals surface area contributed by atoms with Crippen molar-refractivity contribution >= 4 is 21.9 Å². The number of aryl methyl sites for hydroxylation is 2. The second kappa shape index (κ2) is 6.83. The Hall–Kier alpha value is -1.64. The van der Waals surface area contributed by atoms with Crippen LogP contribution in [0.2, 0.25) is 0 Å². The molecule has 2 amide bonds. The van der Waals surface area contributed by atoms with Gasteiger partial charge in [-0.05, 0) is 74.2 Å². The third kappa shape index (κ3) is 3.33. The van der Waals surface area contributed by atoms with Crippen LogP contribution in [0.15, 0.2) is 6.07 Å². The Morgan fingerprint density at radius 3 is 2.27 bits per heavy atom. The Morgan fingerprint density at radius 2 is 1.65 bits per heavy atom. The van der Waals surface area contributed by atoms with Gasteiger partial charge in [-0.2, -0.15) is 12.7 Å². The van der Waals surface area contributed by atoms with Crippen LogP contribution in [0.25, 0.3) is 0 Å². The summed E-state index contributed by atoms with van der Waals surface area (Å²) in [5.74, 6) is 0. The summed E-state index contributed by atoms with van der Waals surface area (Å²) >= 11 is 0. The minimum atomic E-state index is -3.83. The molecule has 0 unspecified atom stereocenters. The van der Waals surface area contributed by atoms with E-state index in [1.807, 2.05) is 11.9 Å². The molecule has 8 heteroatoms. The van der Waals surface area contributed by atoms with Crippen molar-refractivity contribution in [3.8, 4) is 0 Å². The molecule has 1 heterocycles. The quantitative estimate of drug-likeness (QED) is 0.838. The number of carbonyl (C=O) groups excluding carboxylic acids is 1. The van der Waals surface area contributed by atoms with Gasteiger partial charge >= 0.3 is 16.2 Å². The SMILES string of the molecule is CN1CCCN(S(=O)(=O)NC(=O)Nc2c3c(cc4c2CCC4)CCC3)C1. The first-order valence-corrected chi connectivity index (χ1v) is 10.8. The van der Waals surface area contributed by atoms with Gasteiger partial charge in [0.25, 0.3) is 0 Å². The van der Waals surface area contributed by atoms with Crippen molar-refractivity contribution in [2.45, 2.75) is 44.9 Å². The van der Waals surface area contributed by atoms with E-state index in [4.69, 9.17) is 0 Å². The number of benzene rings is 1. The van der Waals surface area contributed by atoms with E-state index < -0.39 is 16.2 Å². The van der Waals surface area contributed by atoms with Crippen LogP contribution in [0.1, 0.15) is 41.5 Å². The highest BCUT2D eigenvalue weighted by atomic mass is 32.2. The summed E-state index contributed by atoms with van der Waals surface area (Å²) in [7, 11) is -1.96. The van der Waals surface area contributed by atoms with Crippen LogP contribution in [-0.4, -0.2) is 50.5 Å². The molecule has 1 saturated heterocycles. The smallest absolute Gasteiger partial charge is 0.307 e. The van der Waals surface area contributed by atoms with Crippen molar-refractivity contribution in [2.24, 2.45) is 0 Å². The largest absolute Gasteiger partial charge is 0.333 e. The number of urea groups is 1. The van der Waals surface area contributed by atoms with Gasteiger partial charge < -0.3 is 5.32 Å². The van der Waals surface area contributed by atoms with Gasteiger partial charge in [0.1, 0.15) is 0 Å². The molecule has 3 aliphatic rings. The van der Waals surface area contributed by atoms with E-state index in [0.29, 0.717) is 13.2 Å². The molecule has 4 rings (SSSR count). The molecule has 0 radical (unpaired) electrons. The van der Waals surface area contributed by atoms with Gasteiger partial charge in [-0.25, -0.2) is 9.52 Å². The second-order valence-electron chi connectivity index (χ2n) is 7.55. The molecule has 142 valence electrons. The van der Waals surface area contributed by atoms with E-state index in [-0.39, 0.29) is 0 Å². The maximum absolute atomic E-state index is 12.5. The first-order valence-electron chi connectivity index (χ1n) is 9.38. The lowest BCUT2D eigenvalue weighted by molar-refractivity contribution is 0.177. The maximum Gasteiger partial charge on any atom is 0.333 e. The van der Waals surface area contributed by atoms with Crippen LogP contribution in [0, 0.1) is 0 Å². The van der Waals surface area contributed by atoms with Gasteiger partial charge in [-0.15, -0.1) is 0 Å². The lowest BCUT2D eigenvalue weighted by Crippen LogP contribution is -2.52. The van der Waals surface area contributed by atoms with Gasteiger partial charge in [-0.3, -0.25) is 4.90 Å². The fourth-order valence-corrected chi connectivity index (χ4v) is 5.54. The average Bonchev–Trinajstić information content (AvgIpc) is 3.23. The van der Waals surface area contributed by atoms with Gasteiger partial charge in [0.05, 0.1) is 6.67 Å². The number of anilines is 1. The highest BCUT2D eigenvalue weighted by Gasteiger charge is 2.29. The van der Waals surface area contributed by atoms with Crippen LogP contribution in [0.3, 0.4) is 0 Å².